The number of carbonyl (C=O) groups is 1. The molecule has 0 bridgehead atoms. The molecule has 1 N–H and O–H groups in total. The number of nitrogens with one attached hydrogen (secondary N) is 1. The Morgan fingerprint density at radius 1 is 1.00 bits per heavy atom. The summed E-state index contributed by atoms with van der Waals surface area (Å²) in [5, 5.41) is 11.5. The molecule has 0 atom stereocenters. The third kappa shape index (κ3) is 4.16. The molecule has 0 saturated heterocycles. The van der Waals surface area contributed by atoms with Crippen molar-refractivity contribution in [1.29, 1.82) is 0 Å². The summed E-state index contributed by atoms with van der Waals surface area (Å²) in [7, 11) is 0. The predicted molar refractivity (Wildman–Crippen MR) is 115 cm³/mol. The van der Waals surface area contributed by atoms with E-state index in [9.17, 15) is 4.79 Å². The Labute approximate surface area is 178 Å². The molecule has 0 fully saturated rings. The summed E-state index contributed by atoms with van der Waals surface area (Å²) in [6.45, 7) is 3.91. The van der Waals surface area contributed by atoms with E-state index in [0.717, 1.165) is 11.4 Å². The molecule has 8 heteroatoms. The molecule has 0 aliphatic carbocycles. The Morgan fingerprint density at radius 2 is 1.77 bits per heavy atom. The molecule has 4 aromatic rings. The maximum atomic E-state index is 12.3. The van der Waals surface area contributed by atoms with E-state index in [4.69, 9.17) is 16.3 Å². The van der Waals surface area contributed by atoms with Gasteiger partial charge in [0, 0.05) is 17.4 Å². The fourth-order valence-electron chi connectivity index (χ4n) is 2.80. The highest BCUT2D eigenvalue weighted by Crippen LogP contribution is 2.23. The van der Waals surface area contributed by atoms with Crippen LogP contribution in [0.4, 0.5) is 5.69 Å². The topological polar surface area (TPSA) is 81.9 Å². The van der Waals surface area contributed by atoms with Gasteiger partial charge in [-0.25, -0.2) is 4.98 Å². The lowest BCUT2D eigenvalue weighted by molar-refractivity contribution is 0.102. The highest BCUT2D eigenvalue weighted by Gasteiger charge is 2.10. The van der Waals surface area contributed by atoms with Gasteiger partial charge in [0.1, 0.15) is 12.1 Å². The second kappa shape index (κ2) is 8.34. The summed E-state index contributed by atoms with van der Waals surface area (Å²) in [6, 6.07) is 17.4. The Balaban J connectivity index is 1.42. The van der Waals surface area contributed by atoms with Crippen molar-refractivity contribution in [2.75, 3.05) is 5.32 Å². The van der Waals surface area contributed by atoms with Crippen LogP contribution in [0.15, 0.2) is 67.0 Å². The molecule has 0 spiro atoms. The minimum absolute atomic E-state index is 0.277. The van der Waals surface area contributed by atoms with Gasteiger partial charge in [-0.1, -0.05) is 23.7 Å². The first-order chi connectivity index (χ1) is 14.5. The number of anilines is 1. The van der Waals surface area contributed by atoms with Gasteiger partial charge >= 0.3 is 0 Å². The molecular formula is C22H18ClN5O2. The fraction of sp³-hybridized carbons (Fsp3) is 0.0909. The lowest BCUT2D eigenvalue weighted by Crippen LogP contribution is -2.12. The second-order valence-electron chi connectivity index (χ2n) is 6.58. The van der Waals surface area contributed by atoms with Crippen molar-refractivity contribution in [2.24, 2.45) is 0 Å². The highest BCUT2D eigenvalue weighted by atomic mass is 35.5. The number of rotatable bonds is 5. The first-order valence-electron chi connectivity index (χ1n) is 9.20. The number of nitrogens with zero attached hydrogens (tertiary/aromatic N) is 4. The van der Waals surface area contributed by atoms with Crippen molar-refractivity contribution in [3.8, 4) is 17.4 Å². The molecule has 0 radical (unpaired) electrons. The van der Waals surface area contributed by atoms with Crippen LogP contribution in [0.2, 0.25) is 5.02 Å². The number of ether oxygens (including phenoxy) is 1. The second-order valence-corrected chi connectivity index (χ2v) is 6.98. The molecule has 1 amide bonds. The summed E-state index contributed by atoms with van der Waals surface area (Å²) in [6.07, 6.45) is 1.71. The van der Waals surface area contributed by atoms with E-state index < -0.39 is 0 Å². The first-order valence-corrected chi connectivity index (χ1v) is 9.57. The molecule has 0 unspecified atom stereocenters. The molecule has 7 nitrogen and oxygen atoms in total. The fourth-order valence-corrected chi connectivity index (χ4v) is 3.02. The van der Waals surface area contributed by atoms with Crippen LogP contribution in [0.25, 0.3) is 5.82 Å². The van der Waals surface area contributed by atoms with E-state index in [-0.39, 0.29) is 5.91 Å². The van der Waals surface area contributed by atoms with Crippen molar-refractivity contribution in [1.82, 2.24) is 19.7 Å². The zero-order valence-electron chi connectivity index (χ0n) is 16.3. The third-order valence-electron chi connectivity index (χ3n) is 4.58. The molecule has 150 valence electrons. The predicted octanol–water partition coefficient (Wildman–Crippen LogP) is 4.98. The van der Waals surface area contributed by atoms with E-state index >= 15 is 0 Å². The van der Waals surface area contributed by atoms with Crippen LogP contribution in [0.1, 0.15) is 21.7 Å². The van der Waals surface area contributed by atoms with Crippen molar-refractivity contribution >= 4 is 23.2 Å². The number of amides is 1. The van der Waals surface area contributed by atoms with Crippen molar-refractivity contribution in [3.05, 3.63) is 89.0 Å². The van der Waals surface area contributed by atoms with Crippen molar-refractivity contribution in [2.45, 2.75) is 13.8 Å². The minimum Gasteiger partial charge on any atom is -0.438 e. The van der Waals surface area contributed by atoms with E-state index in [0.29, 0.717) is 33.7 Å². The normalized spacial score (nSPS) is 10.6. The molecule has 2 heterocycles. The van der Waals surface area contributed by atoms with Crippen LogP contribution in [-0.2, 0) is 0 Å². The smallest absolute Gasteiger partial charge is 0.257 e. The molecule has 4 rings (SSSR count). The van der Waals surface area contributed by atoms with Crippen LogP contribution in [-0.4, -0.2) is 25.7 Å². The van der Waals surface area contributed by atoms with Gasteiger partial charge in [-0.2, -0.15) is 0 Å². The minimum atomic E-state index is -0.277. The van der Waals surface area contributed by atoms with Crippen LogP contribution < -0.4 is 10.1 Å². The van der Waals surface area contributed by atoms with Gasteiger partial charge in [-0.05, 0) is 56.3 Å². The molecular weight excluding hydrogens is 402 g/mol. The van der Waals surface area contributed by atoms with Crippen LogP contribution in [0, 0.1) is 13.8 Å². The standard InChI is InChI=1S/C22H18ClN5O2/c1-14-15(2)28(13-24-14)20-11-12-21(27-26-20)30-17-9-7-16(8-10-17)25-22(29)18-5-3-4-6-19(18)23/h3-13H,1-2H3,(H,25,29). The molecule has 0 saturated carbocycles. The Hall–Kier alpha value is -3.71. The van der Waals surface area contributed by atoms with Gasteiger partial charge in [-0.3, -0.25) is 9.36 Å². The lowest BCUT2D eigenvalue weighted by atomic mass is 10.2. The Kier molecular flexibility index (Phi) is 5.45. The van der Waals surface area contributed by atoms with E-state index in [1.165, 1.54) is 0 Å². The molecule has 0 aliphatic rings. The van der Waals surface area contributed by atoms with E-state index in [1.807, 2.05) is 24.5 Å². The summed E-state index contributed by atoms with van der Waals surface area (Å²) < 4.78 is 7.60. The number of carbonyl (C=O) groups excluding carboxylic acids is 1. The maximum Gasteiger partial charge on any atom is 0.257 e. The van der Waals surface area contributed by atoms with Crippen molar-refractivity contribution < 1.29 is 9.53 Å². The average Bonchev–Trinajstić information content (AvgIpc) is 3.09. The SMILES string of the molecule is Cc1ncn(-c2ccc(Oc3ccc(NC(=O)c4ccccc4Cl)cc3)nn2)c1C. The van der Waals surface area contributed by atoms with Crippen molar-refractivity contribution in [3.63, 3.8) is 0 Å². The number of benzene rings is 2. The van der Waals surface area contributed by atoms with Crippen LogP contribution in [0.5, 0.6) is 11.6 Å². The van der Waals surface area contributed by atoms with Gasteiger partial charge in [0.05, 0.1) is 16.3 Å². The number of aromatic nitrogens is 4. The van der Waals surface area contributed by atoms with Crippen LogP contribution in [0.3, 0.4) is 0 Å². The van der Waals surface area contributed by atoms with Gasteiger partial charge < -0.3 is 10.1 Å². The summed E-state index contributed by atoms with van der Waals surface area (Å²) in [5.74, 6) is 1.32. The van der Waals surface area contributed by atoms with E-state index in [2.05, 4.69) is 20.5 Å². The largest absolute Gasteiger partial charge is 0.438 e. The van der Waals surface area contributed by atoms with Gasteiger partial charge in [0.15, 0.2) is 5.82 Å². The van der Waals surface area contributed by atoms with E-state index in [1.54, 1.807) is 60.9 Å². The number of hydrogen-bond acceptors (Lipinski definition) is 5. The first kappa shape index (κ1) is 19.6. The number of imidazole rings is 1. The van der Waals surface area contributed by atoms with Gasteiger partial charge in [-0.15, -0.1) is 10.2 Å². The zero-order valence-corrected chi connectivity index (χ0v) is 17.1. The summed E-state index contributed by atoms with van der Waals surface area (Å²) in [4.78, 5) is 16.6. The zero-order chi connectivity index (χ0) is 21.1. The monoisotopic (exact) mass is 419 g/mol. The quantitative estimate of drug-likeness (QED) is 0.493. The Bertz CT molecular complexity index is 1190. The Morgan fingerprint density at radius 3 is 2.40 bits per heavy atom. The molecule has 2 aromatic carbocycles. The number of hydrogen-bond donors (Lipinski definition) is 1. The number of aryl methyl sites for hydroxylation is 1. The van der Waals surface area contributed by atoms with Gasteiger partial charge in [0.2, 0.25) is 5.88 Å². The summed E-state index contributed by atoms with van der Waals surface area (Å²) >= 11 is 6.06. The third-order valence-corrected chi connectivity index (χ3v) is 4.91. The van der Waals surface area contributed by atoms with Gasteiger partial charge in [0.25, 0.3) is 5.91 Å². The molecule has 2 aromatic heterocycles. The average molecular weight is 420 g/mol. The maximum absolute atomic E-state index is 12.3. The molecule has 0 aliphatic heterocycles. The lowest BCUT2D eigenvalue weighted by Gasteiger charge is -2.09. The molecule has 30 heavy (non-hydrogen) atoms. The highest BCUT2D eigenvalue weighted by molar-refractivity contribution is 6.34. The van der Waals surface area contributed by atoms with Crippen LogP contribution >= 0.6 is 11.6 Å². The summed E-state index contributed by atoms with van der Waals surface area (Å²) in [5.41, 5.74) is 2.99. The number of halogens is 1.